The predicted octanol–water partition coefficient (Wildman–Crippen LogP) is 2.55. The topological polar surface area (TPSA) is 116 Å². The van der Waals surface area contributed by atoms with E-state index in [-0.39, 0.29) is 36.0 Å². The molecule has 140 valence electrons. The summed E-state index contributed by atoms with van der Waals surface area (Å²) in [6.07, 6.45) is 5.30. The lowest BCUT2D eigenvalue weighted by Gasteiger charge is -2.22. The SMILES string of the molecule is O=C(CCC(=O)OCC(=O)c1ccc([N+](=O)[O-])cc1)NC1CCCCC1. The molecule has 1 aromatic rings. The number of nitrogens with zero attached hydrogens (tertiary/aromatic N) is 1. The quantitative estimate of drug-likeness (QED) is 0.329. The highest BCUT2D eigenvalue weighted by molar-refractivity contribution is 5.98. The number of nitro groups is 1. The fraction of sp³-hybridized carbons (Fsp3) is 0.500. The molecule has 26 heavy (non-hydrogen) atoms. The molecule has 0 bridgehead atoms. The molecule has 1 fully saturated rings. The molecule has 1 aliphatic carbocycles. The van der Waals surface area contributed by atoms with E-state index in [1.54, 1.807) is 0 Å². The first-order chi connectivity index (χ1) is 12.5. The number of ketones is 1. The molecule has 0 heterocycles. The zero-order chi connectivity index (χ0) is 18.9. The molecule has 1 aliphatic rings. The Kier molecular flexibility index (Phi) is 7.25. The molecule has 0 radical (unpaired) electrons. The summed E-state index contributed by atoms with van der Waals surface area (Å²) >= 11 is 0. The number of esters is 1. The van der Waals surface area contributed by atoms with Crippen LogP contribution in [0, 0.1) is 10.1 Å². The third-order valence-corrected chi connectivity index (χ3v) is 4.29. The van der Waals surface area contributed by atoms with Gasteiger partial charge in [-0.1, -0.05) is 19.3 Å². The van der Waals surface area contributed by atoms with Crippen LogP contribution in [0.4, 0.5) is 5.69 Å². The number of carbonyl (C=O) groups is 3. The van der Waals surface area contributed by atoms with E-state index in [1.807, 2.05) is 0 Å². The van der Waals surface area contributed by atoms with Crippen molar-refractivity contribution in [3.8, 4) is 0 Å². The highest BCUT2D eigenvalue weighted by atomic mass is 16.6. The zero-order valence-corrected chi connectivity index (χ0v) is 14.4. The van der Waals surface area contributed by atoms with Gasteiger partial charge in [0, 0.05) is 30.2 Å². The molecule has 1 aromatic carbocycles. The lowest BCUT2D eigenvalue weighted by Crippen LogP contribution is -2.36. The summed E-state index contributed by atoms with van der Waals surface area (Å²) in [6.45, 7) is -0.457. The minimum absolute atomic E-state index is 0.0288. The molecule has 8 heteroatoms. The summed E-state index contributed by atoms with van der Waals surface area (Å²) in [6, 6.07) is 5.24. The third kappa shape index (κ3) is 6.27. The third-order valence-electron chi connectivity index (χ3n) is 4.29. The molecule has 1 saturated carbocycles. The zero-order valence-electron chi connectivity index (χ0n) is 14.4. The molecule has 2 rings (SSSR count). The maximum atomic E-state index is 11.9. The lowest BCUT2D eigenvalue weighted by molar-refractivity contribution is -0.384. The van der Waals surface area contributed by atoms with Crippen LogP contribution < -0.4 is 5.32 Å². The van der Waals surface area contributed by atoms with Gasteiger partial charge >= 0.3 is 5.97 Å². The van der Waals surface area contributed by atoms with E-state index in [0.29, 0.717) is 0 Å². The van der Waals surface area contributed by atoms with E-state index in [2.05, 4.69) is 5.32 Å². The number of rotatable bonds is 8. The number of carbonyl (C=O) groups excluding carboxylic acids is 3. The fourth-order valence-electron chi connectivity index (χ4n) is 2.83. The number of hydrogen-bond donors (Lipinski definition) is 1. The average Bonchev–Trinajstić information content (AvgIpc) is 2.65. The van der Waals surface area contributed by atoms with Gasteiger partial charge in [0.25, 0.3) is 5.69 Å². The minimum atomic E-state index is -0.626. The molecule has 0 saturated heterocycles. The molecule has 0 aromatic heterocycles. The van der Waals surface area contributed by atoms with Crippen molar-refractivity contribution in [3.05, 3.63) is 39.9 Å². The number of benzene rings is 1. The van der Waals surface area contributed by atoms with Gasteiger partial charge in [0.1, 0.15) is 0 Å². The fourth-order valence-corrected chi connectivity index (χ4v) is 2.83. The van der Waals surface area contributed by atoms with Gasteiger partial charge in [-0.25, -0.2) is 0 Å². The second kappa shape index (κ2) is 9.65. The van der Waals surface area contributed by atoms with Gasteiger partial charge in [0.15, 0.2) is 12.4 Å². The molecule has 8 nitrogen and oxygen atoms in total. The summed E-state index contributed by atoms with van der Waals surface area (Å²) in [5.41, 5.74) is 0.0981. The number of nitrogens with one attached hydrogen (secondary N) is 1. The van der Waals surface area contributed by atoms with Crippen molar-refractivity contribution in [1.82, 2.24) is 5.32 Å². The average molecular weight is 362 g/mol. The molecular formula is C18H22N2O6. The normalized spacial score (nSPS) is 14.5. The number of ether oxygens (including phenoxy) is 1. The first kappa shape index (κ1) is 19.6. The number of nitro benzene ring substituents is 1. The van der Waals surface area contributed by atoms with Gasteiger partial charge in [-0.15, -0.1) is 0 Å². The minimum Gasteiger partial charge on any atom is -0.457 e. The standard InChI is InChI=1S/C18H22N2O6/c21-16(13-6-8-15(9-7-13)20(24)25)12-26-18(23)11-10-17(22)19-14-4-2-1-3-5-14/h6-9,14H,1-5,10-12H2,(H,19,22). The Morgan fingerprint density at radius 1 is 1.08 bits per heavy atom. The molecule has 1 amide bonds. The Morgan fingerprint density at radius 3 is 2.35 bits per heavy atom. The summed E-state index contributed by atoms with van der Waals surface area (Å²) < 4.78 is 4.87. The molecule has 1 N–H and O–H groups in total. The number of non-ortho nitro benzene ring substituents is 1. The van der Waals surface area contributed by atoms with Gasteiger partial charge < -0.3 is 10.1 Å². The summed E-state index contributed by atoms with van der Waals surface area (Å²) in [5, 5.41) is 13.5. The van der Waals surface area contributed by atoms with Crippen molar-refractivity contribution in [2.75, 3.05) is 6.61 Å². The van der Waals surface area contributed by atoms with Crippen molar-refractivity contribution >= 4 is 23.3 Å². The molecule has 0 aliphatic heterocycles. The van der Waals surface area contributed by atoms with Crippen LogP contribution in [0.5, 0.6) is 0 Å². The first-order valence-electron chi connectivity index (χ1n) is 8.68. The molecular weight excluding hydrogens is 340 g/mol. The Balaban J connectivity index is 1.68. The lowest BCUT2D eigenvalue weighted by atomic mass is 9.95. The second-order valence-electron chi connectivity index (χ2n) is 6.29. The van der Waals surface area contributed by atoms with Crippen molar-refractivity contribution in [2.24, 2.45) is 0 Å². The number of amides is 1. The summed E-state index contributed by atoms with van der Waals surface area (Å²) in [4.78, 5) is 45.4. The van der Waals surface area contributed by atoms with Crippen LogP contribution in [0.3, 0.4) is 0 Å². The molecule has 0 spiro atoms. The van der Waals surface area contributed by atoms with Crippen LogP contribution in [0.2, 0.25) is 0 Å². The van der Waals surface area contributed by atoms with Gasteiger partial charge in [0.05, 0.1) is 11.3 Å². The van der Waals surface area contributed by atoms with Crippen LogP contribution in [0.25, 0.3) is 0 Å². The predicted molar refractivity (Wildman–Crippen MR) is 92.6 cm³/mol. The van der Waals surface area contributed by atoms with Crippen molar-refractivity contribution in [2.45, 2.75) is 51.0 Å². The van der Waals surface area contributed by atoms with Crippen LogP contribution in [-0.2, 0) is 14.3 Å². The van der Waals surface area contributed by atoms with Gasteiger partial charge in [-0.2, -0.15) is 0 Å². The highest BCUT2D eigenvalue weighted by Crippen LogP contribution is 2.17. The smallest absolute Gasteiger partial charge is 0.306 e. The Hall–Kier alpha value is -2.77. The maximum absolute atomic E-state index is 11.9. The number of hydrogen-bond acceptors (Lipinski definition) is 6. The molecule has 0 atom stereocenters. The van der Waals surface area contributed by atoms with Gasteiger partial charge in [-0.05, 0) is 25.0 Å². The van der Waals surface area contributed by atoms with E-state index in [1.165, 1.54) is 30.7 Å². The Bertz CT molecular complexity index is 665. The summed E-state index contributed by atoms with van der Waals surface area (Å²) in [7, 11) is 0. The van der Waals surface area contributed by atoms with E-state index < -0.39 is 23.3 Å². The van der Waals surface area contributed by atoms with Gasteiger partial charge in [0.2, 0.25) is 5.91 Å². The van der Waals surface area contributed by atoms with Crippen molar-refractivity contribution in [3.63, 3.8) is 0 Å². The Labute approximate surface area is 151 Å². The van der Waals surface area contributed by atoms with Crippen LogP contribution in [0.1, 0.15) is 55.3 Å². The first-order valence-corrected chi connectivity index (χ1v) is 8.68. The van der Waals surface area contributed by atoms with E-state index in [0.717, 1.165) is 25.7 Å². The highest BCUT2D eigenvalue weighted by Gasteiger charge is 2.17. The van der Waals surface area contributed by atoms with E-state index in [4.69, 9.17) is 4.74 Å². The van der Waals surface area contributed by atoms with E-state index in [9.17, 15) is 24.5 Å². The van der Waals surface area contributed by atoms with Crippen molar-refractivity contribution in [1.29, 1.82) is 0 Å². The van der Waals surface area contributed by atoms with E-state index >= 15 is 0 Å². The monoisotopic (exact) mass is 362 g/mol. The Morgan fingerprint density at radius 2 is 1.73 bits per heavy atom. The van der Waals surface area contributed by atoms with Crippen LogP contribution in [-0.4, -0.2) is 35.2 Å². The van der Waals surface area contributed by atoms with Crippen LogP contribution >= 0.6 is 0 Å². The number of Topliss-reactive ketones (excluding diaryl/α,β-unsaturated/α-hetero) is 1. The van der Waals surface area contributed by atoms with Crippen molar-refractivity contribution < 1.29 is 24.0 Å². The largest absolute Gasteiger partial charge is 0.457 e. The second-order valence-corrected chi connectivity index (χ2v) is 6.29. The van der Waals surface area contributed by atoms with Crippen LogP contribution in [0.15, 0.2) is 24.3 Å². The van der Waals surface area contributed by atoms with Gasteiger partial charge in [-0.3, -0.25) is 24.5 Å². The summed E-state index contributed by atoms with van der Waals surface area (Å²) in [5.74, 6) is -1.27. The maximum Gasteiger partial charge on any atom is 0.306 e. The molecule has 0 unspecified atom stereocenters.